The van der Waals surface area contributed by atoms with E-state index in [1.807, 2.05) is 35.4 Å². The summed E-state index contributed by atoms with van der Waals surface area (Å²) in [6.07, 6.45) is -1.33. The Morgan fingerprint density at radius 1 is 1.00 bits per heavy atom. The van der Waals surface area contributed by atoms with Crippen LogP contribution in [0.5, 0.6) is 0 Å². The van der Waals surface area contributed by atoms with Crippen molar-refractivity contribution in [2.45, 2.75) is 38.2 Å². The second kappa shape index (κ2) is 13.4. The molecule has 214 valence electrons. The van der Waals surface area contributed by atoms with Gasteiger partial charge < -0.3 is 19.8 Å². The molecule has 2 aliphatic rings. The predicted molar refractivity (Wildman–Crippen MR) is 121 cm³/mol. The van der Waals surface area contributed by atoms with Gasteiger partial charge >= 0.3 is 24.3 Å². The Morgan fingerprint density at radius 2 is 1.64 bits per heavy atom. The molecule has 1 aliphatic heterocycles. The first kappa shape index (κ1) is 31.5. The average molecular weight is 565 g/mol. The molecule has 15 heteroatoms. The zero-order valence-electron chi connectivity index (χ0n) is 20.3. The number of carbonyl (C=O) groups is 3. The maximum Gasteiger partial charge on any atom is 0.490 e. The minimum Gasteiger partial charge on any atom is -0.475 e. The monoisotopic (exact) mass is 565 g/mol. The molecule has 1 saturated carbocycles. The van der Waals surface area contributed by atoms with Gasteiger partial charge in [0.25, 0.3) is 5.91 Å². The normalized spacial score (nSPS) is 20.2. The van der Waals surface area contributed by atoms with E-state index in [0.717, 1.165) is 25.1 Å². The van der Waals surface area contributed by atoms with Crippen LogP contribution in [0.4, 0.5) is 26.3 Å². The average Bonchev–Trinajstić information content (AvgIpc) is 3.42. The SMILES string of the molecule is O=C(O)C(F)(F)F.O=C(O)C(F)(F)F.O=C(c1ccccn1)N1C[C@H]2CCC[C@@]2(COCc2cccnc2)C1. The summed E-state index contributed by atoms with van der Waals surface area (Å²) in [5.41, 5.74) is 1.73. The number of hydrogen-bond donors (Lipinski definition) is 2. The van der Waals surface area contributed by atoms with Gasteiger partial charge in [-0.05, 0) is 42.5 Å². The smallest absolute Gasteiger partial charge is 0.475 e. The largest absolute Gasteiger partial charge is 0.490 e. The Morgan fingerprint density at radius 3 is 2.15 bits per heavy atom. The maximum atomic E-state index is 12.7. The minimum absolute atomic E-state index is 0.0432. The van der Waals surface area contributed by atoms with Crippen LogP contribution in [-0.2, 0) is 20.9 Å². The van der Waals surface area contributed by atoms with E-state index in [1.54, 1.807) is 18.5 Å². The highest BCUT2D eigenvalue weighted by Gasteiger charge is 2.51. The number of likely N-dealkylation sites (tertiary alicyclic amines) is 1. The fourth-order valence-electron chi connectivity index (χ4n) is 4.31. The lowest BCUT2D eigenvalue weighted by Crippen LogP contribution is -2.35. The van der Waals surface area contributed by atoms with Crippen molar-refractivity contribution in [2.75, 3.05) is 19.7 Å². The number of fused-ring (bicyclic) bond motifs is 1. The summed E-state index contributed by atoms with van der Waals surface area (Å²) in [5, 5.41) is 14.2. The summed E-state index contributed by atoms with van der Waals surface area (Å²) >= 11 is 0. The molecule has 39 heavy (non-hydrogen) atoms. The number of carboxylic acids is 2. The highest BCUT2D eigenvalue weighted by atomic mass is 19.4. The van der Waals surface area contributed by atoms with Crippen molar-refractivity contribution in [2.24, 2.45) is 11.3 Å². The summed E-state index contributed by atoms with van der Waals surface area (Å²) in [6.45, 7) is 2.89. The van der Waals surface area contributed by atoms with Crippen LogP contribution >= 0.6 is 0 Å². The molecule has 1 saturated heterocycles. The molecule has 0 unspecified atom stereocenters. The van der Waals surface area contributed by atoms with Crippen molar-refractivity contribution in [3.05, 3.63) is 60.2 Å². The fourth-order valence-corrected chi connectivity index (χ4v) is 4.31. The molecule has 1 amide bonds. The van der Waals surface area contributed by atoms with Gasteiger partial charge in [0.2, 0.25) is 0 Å². The number of halogens is 6. The molecule has 2 aromatic rings. The molecule has 0 aromatic carbocycles. The van der Waals surface area contributed by atoms with Crippen LogP contribution in [0.15, 0.2) is 48.9 Å². The summed E-state index contributed by atoms with van der Waals surface area (Å²) in [5.74, 6) is -4.93. The Bertz CT molecular complexity index is 1080. The van der Waals surface area contributed by atoms with Gasteiger partial charge in [-0.2, -0.15) is 26.3 Å². The molecule has 0 radical (unpaired) electrons. The van der Waals surface area contributed by atoms with Crippen molar-refractivity contribution in [1.82, 2.24) is 14.9 Å². The van der Waals surface area contributed by atoms with Crippen molar-refractivity contribution >= 4 is 17.8 Å². The lowest BCUT2D eigenvalue weighted by molar-refractivity contribution is -0.193. The van der Waals surface area contributed by atoms with Crippen molar-refractivity contribution in [1.29, 1.82) is 0 Å². The quantitative estimate of drug-likeness (QED) is 0.516. The van der Waals surface area contributed by atoms with Gasteiger partial charge in [0.05, 0.1) is 13.2 Å². The van der Waals surface area contributed by atoms with Crippen LogP contribution in [-0.4, -0.2) is 75.0 Å². The Kier molecular flexibility index (Phi) is 10.8. The standard InChI is InChI=1S/C20H23N3O2.2C2HF3O2/c24-19(18-7-1-2-10-22-18)23-12-17-6-3-8-20(17,14-23)15-25-13-16-5-4-9-21-11-16;2*3-2(4,5)1(6)7/h1-2,4-5,7,9-11,17H,3,6,8,12-15H2;2*(H,6,7)/t17-,20+;;/m1../s1. The third-order valence-corrected chi connectivity index (χ3v) is 6.08. The fraction of sp³-hybridized carbons (Fsp3) is 0.458. The molecule has 2 fully saturated rings. The zero-order valence-corrected chi connectivity index (χ0v) is 20.3. The van der Waals surface area contributed by atoms with E-state index < -0.39 is 24.3 Å². The molecule has 9 nitrogen and oxygen atoms in total. The molecule has 0 spiro atoms. The lowest BCUT2D eigenvalue weighted by atomic mass is 9.81. The van der Waals surface area contributed by atoms with Crippen LogP contribution in [0.25, 0.3) is 0 Å². The van der Waals surface area contributed by atoms with Crippen molar-refractivity contribution < 1.29 is 55.7 Å². The van der Waals surface area contributed by atoms with Gasteiger partial charge in [-0.25, -0.2) is 9.59 Å². The van der Waals surface area contributed by atoms with E-state index in [2.05, 4.69) is 9.97 Å². The Hall–Kier alpha value is -3.75. The van der Waals surface area contributed by atoms with Crippen LogP contribution in [0.2, 0.25) is 0 Å². The van der Waals surface area contributed by atoms with Gasteiger partial charge in [-0.1, -0.05) is 18.6 Å². The third-order valence-electron chi connectivity index (χ3n) is 6.08. The molecule has 2 aromatic heterocycles. The van der Waals surface area contributed by atoms with Gasteiger partial charge in [0.15, 0.2) is 0 Å². The number of pyridine rings is 2. The molecular formula is C24H25F6N3O6. The van der Waals surface area contributed by atoms with E-state index in [9.17, 15) is 31.1 Å². The van der Waals surface area contributed by atoms with Gasteiger partial charge in [0.1, 0.15) is 5.69 Å². The number of hydrogen-bond acceptors (Lipinski definition) is 6. The zero-order chi connectivity index (χ0) is 29.3. The van der Waals surface area contributed by atoms with Crippen LogP contribution in [0.1, 0.15) is 35.3 Å². The molecule has 0 bridgehead atoms. The number of carbonyl (C=O) groups excluding carboxylic acids is 1. The number of amides is 1. The number of alkyl halides is 6. The van der Waals surface area contributed by atoms with E-state index in [4.69, 9.17) is 24.5 Å². The summed E-state index contributed by atoms with van der Waals surface area (Å²) in [4.78, 5) is 40.8. The molecule has 3 heterocycles. The molecule has 2 N–H and O–H groups in total. The maximum absolute atomic E-state index is 12.7. The highest BCUT2D eigenvalue weighted by molar-refractivity contribution is 5.92. The third kappa shape index (κ3) is 9.50. The van der Waals surface area contributed by atoms with Crippen molar-refractivity contribution in [3.63, 3.8) is 0 Å². The topological polar surface area (TPSA) is 130 Å². The summed E-state index contributed by atoms with van der Waals surface area (Å²) in [6, 6.07) is 9.45. The van der Waals surface area contributed by atoms with Crippen LogP contribution in [0.3, 0.4) is 0 Å². The van der Waals surface area contributed by atoms with E-state index >= 15 is 0 Å². The first-order valence-corrected chi connectivity index (χ1v) is 11.4. The lowest BCUT2D eigenvalue weighted by Gasteiger charge is -2.28. The van der Waals surface area contributed by atoms with Gasteiger partial charge in [-0.3, -0.25) is 14.8 Å². The van der Waals surface area contributed by atoms with E-state index in [0.29, 0.717) is 24.8 Å². The molecule has 1 aliphatic carbocycles. The van der Waals surface area contributed by atoms with E-state index in [-0.39, 0.29) is 11.3 Å². The first-order chi connectivity index (χ1) is 18.2. The highest BCUT2D eigenvalue weighted by Crippen LogP contribution is 2.49. The summed E-state index contributed by atoms with van der Waals surface area (Å²) in [7, 11) is 0. The van der Waals surface area contributed by atoms with Crippen molar-refractivity contribution in [3.8, 4) is 0 Å². The number of aliphatic carboxylic acids is 2. The minimum atomic E-state index is -5.08. The second-order valence-electron chi connectivity index (χ2n) is 8.81. The Balaban J connectivity index is 0.000000317. The second-order valence-corrected chi connectivity index (χ2v) is 8.81. The number of ether oxygens (including phenoxy) is 1. The Labute approximate surface area is 218 Å². The van der Waals surface area contributed by atoms with Gasteiger partial charge in [-0.15, -0.1) is 0 Å². The summed E-state index contributed by atoms with van der Waals surface area (Å²) < 4.78 is 69.5. The predicted octanol–water partition coefficient (Wildman–Crippen LogP) is 4.20. The number of rotatable bonds is 5. The number of nitrogens with zero attached hydrogens (tertiary/aromatic N) is 3. The van der Waals surface area contributed by atoms with Crippen LogP contribution < -0.4 is 0 Å². The van der Waals surface area contributed by atoms with E-state index in [1.165, 1.54) is 12.8 Å². The number of carboxylic acid groups (broad SMARTS) is 2. The van der Waals surface area contributed by atoms with Gasteiger partial charge in [0, 0.05) is 37.1 Å². The molecular weight excluding hydrogens is 540 g/mol. The first-order valence-electron chi connectivity index (χ1n) is 11.4. The molecule has 4 rings (SSSR count). The van der Waals surface area contributed by atoms with Crippen LogP contribution in [0, 0.1) is 11.3 Å². The number of aromatic nitrogens is 2. The molecule has 2 atom stereocenters.